The van der Waals surface area contributed by atoms with Gasteiger partial charge in [0.1, 0.15) is 0 Å². The highest BCUT2D eigenvalue weighted by Crippen LogP contribution is 2.51. The Balaban J connectivity index is 0.000000189. The Morgan fingerprint density at radius 1 is 0.600 bits per heavy atom. The number of aromatic nitrogens is 6. The van der Waals surface area contributed by atoms with E-state index >= 15 is 0 Å². The van der Waals surface area contributed by atoms with Crippen molar-refractivity contribution >= 4 is 57.0 Å². The number of aliphatic hydroxyl groups excluding tert-OH is 1. The van der Waals surface area contributed by atoms with Crippen LogP contribution in [0.1, 0.15) is 130 Å². The SMILES string of the molecule is C.C1CNC1.COC(=O)[C@@H](OC(C)(C)C)c1c(C)c2c3c(cc(C)n3CCN2c2ncc(CO)cn2)c1-c1ccc(C)cc1.Cc1ccc(-c2c([C@H](OC(C)(C)C)C(=O)O)c(C)c3c4c2cc(C)n4CCN3c2ncc(CN3CCC3)cn2)cc1. The highest BCUT2D eigenvalue weighted by atomic mass is 16.6. The van der Waals surface area contributed by atoms with E-state index in [1.54, 1.807) is 12.4 Å². The fourth-order valence-corrected chi connectivity index (χ4v) is 11.9. The number of aliphatic hydroxyl groups is 1. The number of methoxy groups -OCH3 is 1. The Bertz CT molecular complexity index is 3700. The van der Waals surface area contributed by atoms with E-state index in [0.29, 0.717) is 36.1 Å². The average molecular weight is 1160 g/mol. The van der Waals surface area contributed by atoms with E-state index in [1.165, 1.54) is 33.0 Å². The molecule has 0 amide bonds. The highest BCUT2D eigenvalue weighted by molar-refractivity contribution is 6.10. The minimum absolute atomic E-state index is 0. The topological polar surface area (TPSA) is 185 Å². The molecule has 4 aliphatic rings. The number of esters is 1. The van der Waals surface area contributed by atoms with Gasteiger partial charge in [-0.3, -0.25) is 4.90 Å². The molecular formula is C68H86N10O7. The predicted molar refractivity (Wildman–Crippen MR) is 338 cm³/mol. The summed E-state index contributed by atoms with van der Waals surface area (Å²) in [5.41, 5.74) is 16.2. The van der Waals surface area contributed by atoms with E-state index < -0.39 is 35.3 Å². The van der Waals surface area contributed by atoms with Crippen LogP contribution in [0.2, 0.25) is 0 Å². The molecule has 8 heterocycles. The maximum absolute atomic E-state index is 13.4. The maximum Gasteiger partial charge on any atom is 0.339 e. The van der Waals surface area contributed by atoms with Gasteiger partial charge in [-0.25, -0.2) is 29.5 Å². The second-order valence-electron chi connectivity index (χ2n) is 24.7. The van der Waals surface area contributed by atoms with Gasteiger partial charge >= 0.3 is 11.9 Å². The molecule has 4 aliphatic heterocycles. The van der Waals surface area contributed by atoms with Gasteiger partial charge in [0.05, 0.1) is 47.3 Å². The second kappa shape index (κ2) is 25.2. The van der Waals surface area contributed by atoms with Crippen LogP contribution in [-0.2, 0) is 50.0 Å². The van der Waals surface area contributed by atoms with Crippen LogP contribution in [0.4, 0.5) is 23.3 Å². The van der Waals surface area contributed by atoms with Gasteiger partial charge in [-0.1, -0.05) is 67.1 Å². The first-order chi connectivity index (χ1) is 40.0. The number of carbonyl (C=O) groups is 2. The molecule has 17 heteroatoms. The van der Waals surface area contributed by atoms with Crippen molar-refractivity contribution in [3.8, 4) is 22.3 Å². The summed E-state index contributed by atoms with van der Waals surface area (Å²) in [5.74, 6) is -0.283. The van der Waals surface area contributed by atoms with Gasteiger partial charge in [-0.15, -0.1) is 0 Å². The van der Waals surface area contributed by atoms with Crippen molar-refractivity contribution in [2.75, 3.05) is 56.2 Å². The molecule has 17 nitrogen and oxygen atoms in total. The first kappa shape index (κ1) is 62.0. The average Bonchev–Trinajstić information content (AvgIpc) is 1.78. The number of anilines is 4. The molecule has 0 spiro atoms. The van der Waals surface area contributed by atoms with E-state index in [2.05, 4.69) is 127 Å². The van der Waals surface area contributed by atoms with E-state index in [-0.39, 0.29) is 14.0 Å². The van der Waals surface area contributed by atoms with Crippen molar-refractivity contribution < 1.29 is 34.0 Å². The van der Waals surface area contributed by atoms with Crippen LogP contribution in [-0.4, -0.2) is 114 Å². The number of nitrogens with one attached hydrogen (secondary N) is 1. The van der Waals surface area contributed by atoms with Crippen molar-refractivity contribution in [3.63, 3.8) is 0 Å². The Labute approximate surface area is 501 Å². The largest absolute Gasteiger partial charge is 0.479 e. The Morgan fingerprint density at radius 2 is 1.00 bits per heavy atom. The molecule has 2 atom stereocenters. The Hall–Kier alpha value is -7.54. The van der Waals surface area contributed by atoms with Crippen molar-refractivity contribution in [2.24, 2.45) is 0 Å². The quantitative estimate of drug-likeness (QED) is 0.0925. The van der Waals surface area contributed by atoms with Gasteiger partial charge < -0.3 is 48.7 Å². The lowest BCUT2D eigenvalue weighted by atomic mass is 9.87. The summed E-state index contributed by atoms with van der Waals surface area (Å²) < 4.78 is 22.7. The van der Waals surface area contributed by atoms with Crippen molar-refractivity contribution in [2.45, 2.75) is 153 Å². The van der Waals surface area contributed by atoms with Gasteiger partial charge in [0.25, 0.3) is 0 Å². The second-order valence-corrected chi connectivity index (χ2v) is 24.7. The zero-order chi connectivity index (χ0) is 59.9. The summed E-state index contributed by atoms with van der Waals surface area (Å²) in [6.07, 6.45) is 7.69. The number of likely N-dealkylation sites (tertiary alicyclic amines) is 1. The molecule has 2 fully saturated rings. The lowest BCUT2D eigenvalue weighted by molar-refractivity contribution is -0.164. The summed E-state index contributed by atoms with van der Waals surface area (Å²) >= 11 is 0. The summed E-state index contributed by atoms with van der Waals surface area (Å²) in [6, 6.07) is 21.1. The number of carboxylic acids is 1. The molecule has 12 rings (SSSR count). The fraction of sp³-hybridized carbons (Fsp3) is 0.441. The first-order valence-corrected chi connectivity index (χ1v) is 29.4. The van der Waals surface area contributed by atoms with Crippen molar-refractivity contribution in [1.82, 2.24) is 39.3 Å². The van der Waals surface area contributed by atoms with Crippen molar-refractivity contribution in [3.05, 3.63) is 141 Å². The van der Waals surface area contributed by atoms with Crippen LogP contribution in [0.3, 0.4) is 0 Å². The van der Waals surface area contributed by atoms with Gasteiger partial charge in [0.2, 0.25) is 11.9 Å². The van der Waals surface area contributed by atoms with Crippen LogP contribution in [0.5, 0.6) is 0 Å². The summed E-state index contributed by atoms with van der Waals surface area (Å²) in [5, 5.41) is 25.2. The van der Waals surface area contributed by atoms with E-state index in [9.17, 15) is 19.8 Å². The fourth-order valence-electron chi connectivity index (χ4n) is 11.9. The minimum Gasteiger partial charge on any atom is -0.479 e. The number of benzene rings is 4. The molecule has 0 aliphatic carbocycles. The van der Waals surface area contributed by atoms with E-state index in [0.717, 1.165) is 133 Å². The Morgan fingerprint density at radius 3 is 1.35 bits per heavy atom. The molecule has 2 saturated heterocycles. The van der Waals surface area contributed by atoms with Gasteiger partial charge in [0.15, 0.2) is 12.2 Å². The molecule has 3 N–H and O–H groups in total. The third kappa shape index (κ3) is 12.7. The zero-order valence-corrected chi connectivity index (χ0v) is 51.2. The molecular weight excluding hydrogens is 1070 g/mol. The number of hydrogen-bond acceptors (Lipinski definition) is 14. The number of aryl methyl sites for hydroxylation is 4. The molecule has 0 unspecified atom stereocenters. The summed E-state index contributed by atoms with van der Waals surface area (Å²) in [4.78, 5) is 51.8. The van der Waals surface area contributed by atoms with Crippen LogP contribution in [0.15, 0.2) is 85.5 Å². The molecule has 4 aromatic carbocycles. The van der Waals surface area contributed by atoms with Crippen LogP contribution >= 0.6 is 0 Å². The number of nitrogens with zero attached hydrogens (tertiary/aromatic N) is 9. The third-order valence-corrected chi connectivity index (χ3v) is 16.2. The van der Waals surface area contributed by atoms with Crippen LogP contribution < -0.4 is 15.1 Å². The third-order valence-electron chi connectivity index (χ3n) is 16.2. The monoisotopic (exact) mass is 1150 g/mol. The highest BCUT2D eigenvalue weighted by Gasteiger charge is 2.39. The van der Waals surface area contributed by atoms with Crippen LogP contribution in [0, 0.1) is 41.5 Å². The molecule has 0 radical (unpaired) electrons. The number of aliphatic carboxylic acids is 1. The molecule has 0 bridgehead atoms. The number of carboxylic acid groups (broad SMARTS) is 1. The summed E-state index contributed by atoms with van der Waals surface area (Å²) in [6.45, 7) is 32.3. The van der Waals surface area contributed by atoms with E-state index in [1.807, 2.05) is 67.8 Å². The lowest BCUT2D eigenvalue weighted by Gasteiger charge is -2.35. The zero-order valence-electron chi connectivity index (χ0n) is 51.2. The van der Waals surface area contributed by atoms with Gasteiger partial charge in [0, 0.05) is 102 Å². The minimum atomic E-state index is -1.15. The van der Waals surface area contributed by atoms with Gasteiger partial charge in [-0.2, -0.15) is 0 Å². The number of carbonyl (C=O) groups excluding carboxylic acids is 1. The predicted octanol–water partition coefficient (Wildman–Crippen LogP) is 12.6. The molecule has 85 heavy (non-hydrogen) atoms. The first-order valence-electron chi connectivity index (χ1n) is 29.4. The molecule has 4 aromatic heterocycles. The Kier molecular flexibility index (Phi) is 18.4. The molecule has 450 valence electrons. The smallest absolute Gasteiger partial charge is 0.339 e. The number of ether oxygens (including phenoxy) is 3. The van der Waals surface area contributed by atoms with E-state index in [4.69, 9.17) is 24.2 Å². The normalized spacial score (nSPS) is 15.4. The summed E-state index contributed by atoms with van der Waals surface area (Å²) in [7, 11) is 1.40. The maximum atomic E-state index is 13.4. The molecule has 0 saturated carbocycles. The number of hydrogen-bond donors (Lipinski definition) is 3. The van der Waals surface area contributed by atoms with Crippen LogP contribution in [0.25, 0.3) is 44.1 Å². The molecule has 8 aromatic rings. The lowest BCUT2D eigenvalue weighted by Crippen LogP contribution is -2.36. The van der Waals surface area contributed by atoms with Gasteiger partial charge in [-0.05, 0) is 168 Å². The number of rotatable bonds is 13. The standard InChI is InChI=1S/C33H39N5O3.C31H36N4O4.C3H7N.CH4/c1-20-8-10-24(11-9-20)27-25-16-21(2)37-14-15-38(32-34-17-23(18-35-32)19-36-12-7-13-36)28(29(25)37)22(3)26(27)30(31(39)40)41-33(4,5)6;1-18-8-10-22(11-9-18)25-23-14-19(2)34-12-13-35(30-32-15-21(17-36)16-33-30)26(27(23)34)20(3)24(25)28(29(37)38-7)39-31(4,5)6;1-2-4-3-1;/h8-11,16-18,30H,7,12-15,19H2,1-6H3,(H,39,40);8-11,14-16,28,36H,12-13,17H2,1-7H3;4H,1-3H2;1H4/t30-;28-;;/m00../s1. The van der Waals surface area contributed by atoms with Crippen molar-refractivity contribution in [1.29, 1.82) is 0 Å².